The summed E-state index contributed by atoms with van der Waals surface area (Å²) in [6, 6.07) is -17.8. The predicted octanol–water partition coefficient (Wildman–Crippen LogP) is 15.3. The second kappa shape index (κ2) is 17.5. The standard InChI is InChI=1S/4C9H2F9.Ga/c4*10-7(11,12)4-1-5(8(13,14)15)3-6(2-4)9(16,17)18;/h4*1-2H;/q;;;;-1. The van der Waals surface area contributed by atoms with Crippen LogP contribution in [0.4, 0.5) is 158 Å². The van der Waals surface area contributed by atoms with Gasteiger partial charge in [0.2, 0.25) is 0 Å². The molecule has 0 aliphatic carbocycles. The van der Waals surface area contributed by atoms with Gasteiger partial charge in [0.05, 0.1) is 0 Å². The van der Waals surface area contributed by atoms with E-state index < -0.39 is 221 Å². The molecule has 0 atom stereocenters. The molecule has 0 saturated heterocycles. The van der Waals surface area contributed by atoms with E-state index in [1.165, 1.54) is 0 Å². The number of rotatable bonds is 4. The molecule has 0 heterocycles. The number of alkyl halides is 36. The Balaban J connectivity index is 3.18. The van der Waals surface area contributed by atoms with Gasteiger partial charge in [-0.2, -0.15) is 0 Å². The van der Waals surface area contributed by atoms with Crippen LogP contribution in [0.1, 0.15) is 66.8 Å². The quantitative estimate of drug-likeness (QED) is 0.141. The van der Waals surface area contributed by atoms with Gasteiger partial charge in [-0.05, 0) is 0 Å². The molecule has 0 N–H and O–H groups in total. The fourth-order valence-electron chi connectivity index (χ4n) is 7.88. The van der Waals surface area contributed by atoms with Crippen molar-refractivity contribution in [2.24, 2.45) is 0 Å². The van der Waals surface area contributed by atoms with E-state index in [-0.39, 0.29) is 0 Å². The zero-order valence-corrected chi connectivity index (χ0v) is 35.2. The van der Waals surface area contributed by atoms with Crippen molar-refractivity contribution in [1.82, 2.24) is 0 Å². The zero-order valence-electron chi connectivity index (χ0n) is 32.8. The molecule has 408 valence electrons. The van der Waals surface area contributed by atoms with Crippen LogP contribution in [0.3, 0.4) is 0 Å². The van der Waals surface area contributed by atoms with Crippen molar-refractivity contribution in [3.63, 3.8) is 0 Å². The van der Waals surface area contributed by atoms with Gasteiger partial charge in [0.15, 0.2) is 0 Å². The van der Waals surface area contributed by atoms with E-state index in [0.29, 0.717) is 0 Å². The monoisotopic (exact) mass is 1190 g/mol. The molecule has 4 aromatic rings. The molecule has 0 radical (unpaired) electrons. The maximum absolute atomic E-state index is 15.4. The van der Waals surface area contributed by atoms with Gasteiger partial charge in [-0.1, -0.05) is 0 Å². The Kier molecular flexibility index (Phi) is 14.5. The normalized spacial score (nSPS) is 14.8. The van der Waals surface area contributed by atoms with Crippen LogP contribution in [0, 0.1) is 0 Å². The summed E-state index contributed by atoms with van der Waals surface area (Å²) in [5, 5.41) is 0. The third kappa shape index (κ3) is 11.8. The topological polar surface area (TPSA) is 0 Å². The van der Waals surface area contributed by atoms with E-state index in [1.54, 1.807) is 0 Å². The van der Waals surface area contributed by atoms with Crippen molar-refractivity contribution in [2.45, 2.75) is 74.1 Å². The van der Waals surface area contributed by atoms with Gasteiger partial charge < -0.3 is 0 Å². The van der Waals surface area contributed by atoms with Crippen LogP contribution in [0.25, 0.3) is 0 Å². The average molecular weight is 1190 g/mol. The van der Waals surface area contributed by atoms with Crippen molar-refractivity contribution < 1.29 is 158 Å². The first-order valence-electron chi connectivity index (χ1n) is 17.6. The first kappa shape index (κ1) is 60.6. The molecule has 0 bridgehead atoms. The molecule has 4 rings (SSSR count). The van der Waals surface area contributed by atoms with Gasteiger partial charge in [-0.25, -0.2) is 0 Å². The van der Waals surface area contributed by atoms with Gasteiger partial charge in [-0.15, -0.1) is 0 Å². The summed E-state index contributed by atoms with van der Waals surface area (Å²) in [6.45, 7) is 0. The van der Waals surface area contributed by atoms with Crippen LogP contribution in [0.5, 0.6) is 0 Å². The molecule has 73 heavy (non-hydrogen) atoms. The summed E-state index contributed by atoms with van der Waals surface area (Å²) < 4.78 is 521. The van der Waals surface area contributed by atoms with Crippen LogP contribution in [0.2, 0.25) is 0 Å². The Morgan fingerprint density at radius 1 is 0.164 bits per heavy atom. The van der Waals surface area contributed by atoms with E-state index in [2.05, 4.69) is 0 Å². The first-order valence-corrected chi connectivity index (χ1v) is 22.4. The van der Waals surface area contributed by atoms with Crippen LogP contribution >= 0.6 is 0 Å². The molecular weight excluding hydrogens is 1190 g/mol. The Labute approximate surface area is 379 Å². The number of benzene rings is 4. The molecule has 0 fully saturated rings. The van der Waals surface area contributed by atoms with Crippen LogP contribution in [0.15, 0.2) is 48.5 Å². The molecule has 37 heteroatoms. The third-order valence-electron chi connectivity index (χ3n) is 10.2. The van der Waals surface area contributed by atoms with E-state index in [9.17, 15) is 52.7 Å². The van der Waals surface area contributed by atoms with Crippen LogP contribution in [-0.2, 0) is 74.1 Å². The van der Waals surface area contributed by atoms with Crippen molar-refractivity contribution in [2.75, 3.05) is 0 Å². The van der Waals surface area contributed by atoms with Gasteiger partial charge in [0, 0.05) is 0 Å². The molecule has 0 saturated carbocycles. The summed E-state index contributed by atoms with van der Waals surface area (Å²) in [5.74, 6) is 0. The van der Waals surface area contributed by atoms with E-state index in [0.717, 1.165) is 0 Å². The molecule has 0 spiro atoms. The molecule has 0 amide bonds. The maximum atomic E-state index is 15.4. The first-order chi connectivity index (χ1) is 31.8. The zero-order chi connectivity index (χ0) is 57.4. The van der Waals surface area contributed by atoms with Crippen molar-refractivity contribution >= 4 is 31.5 Å². The minimum absolute atomic E-state index is 2.23. The van der Waals surface area contributed by atoms with Crippen molar-refractivity contribution in [3.8, 4) is 0 Å². The van der Waals surface area contributed by atoms with E-state index in [1.807, 2.05) is 0 Å². The average Bonchev–Trinajstić information content (AvgIpc) is 3.12. The summed E-state index contributed by atoms with van der Waals surface area (Å²) in [6.07, 6.45) is -91.6. The van der Waals surface area contributed by atoms with Gasteiger partial charge in [-0.3, -0.25) is 0 Å². The Hall–Kier alpha value is -5.00. The predicted molar refractivity (Wildman–Crippen MR) is 170 cm³/mol. The number of hydrogen-bond acceptors (Lipinski definition) is 0. The van der Waals surface area contributed by atoms with Gasteiger partial charge in [0.25, 0.3) is 0 Å². The van der Waals surface area contributed by atoms with Crippen LogP contribution < -0.4 is 16.5 Å². The third-order valence-corrected chi connectivity index (χ3v) is 22.7. The summed E-state index contributed by atoms with van der Waals surface area (Å²) >= 11 is -12.5. The van der Waals surface area contributed by atoms with Gasteiger partial charge in [0.1, 0.15) is 0 Å². The van der Waals surface area contributed by atoms with Crippen molar-refractivity contribution in [3.05, 3.63) is 115 Å². The number of halogens is 36. The van der Waals surface area contributed by atoms with Crippen molar-refractivity contribution in [1.29, 1.82) is 0 Å². The molecule has 0 aliphatic rings. The Bertz CT molecular complexity index is 2220. The van der Waals surface area contributed by atoms with E-state index >= 15 is 105 Å². The Morgan fingerprint density at radius 3 is 0.329 bits per heavy atom. The molecule has 0 aliphatic heterocycles. The SMILES string of the molecule is FC(F)(F)c1cc(C(F)(F)F)[c]([Ga-]([c]2c(C(F)(F)F)cc(C(F)(F)F)cc2C(F)(F)F)([c]2c(C(F)(F)F)cc(C(F)(F)F)cc2C(F)(F)F)[c]2c(C(F)(F)F)cc(C(F)(F)F)cc2C(F)(F)F)c(C(F)(F)F)c1. The van der Waals surface area contributed by atoms with E-state index in [4.69, 9.17) is 0 Å². The fraction of sp³-hybridized carbons (Fsp3) is 0.333. The fourth-order valence-corrected chi connectivity index (χ4v) is 23.5. The van der Waals surface area contributed by atoms with Gasteiger partial charge >= 0.3 is 379 Å². The molecular formula is C36H8F36Ga-. The molecule has 0 nitrogen and oxygen atoms in total. The van der Waals surface area contributed by atoms with Crippen LogP contribution in [-0.4, -0.2) is 15.0 Å². The number of hydrogen-bond donors (Lipinski definition) is 0. The molecule has 4 aromatic carbocycles. The molecule has 0 unspecified atom stereocenters. The Morgan fingerprint density at radius 2 is 0.260 bits per heavy atom. The second-order valence-corrected chi connectivity index (χ2v) is 23.3. The summed E-state index contributed by atoms with van der Waals surface area (Å²) in [4.78, 5) is 0. The molecule has 0 aromatic heterocycles. The minimum atomic E-state index is -12.5. The summed E-state index contributed by atoms with van der Waals surface area (Å²) in [7, 11) is 0. The second-order valence-electron chi connectivity index (χ2n) is 14.8. The summed E-state index contributed by atoms with van der Waals surface area (Å²) in [5.41, 5.74) is -53.3.